The van der Waals surface area contributed by atoms with Crippen molar-refractivity contribution in [1.82, 2.24) is 9.97 Å². The van der Waals surface area contributed by atoms with Gasteiger partial charge in [0.05, 0.1) is 0 Å². The number of rotatable bonds is 4. The molecule has 132 valence electrons. The summed E-state index contributed by atoms with van der Waals surface area (Å²) in [7, 11) is -1.08. The molecule has 2 N–H and O–H groups in total. The summed E-state index contributed by atoms with van der Waals surface area (Å²) in [4.78, 5) is 31.7. The lowest BCUT2D eigenvalue weighted by Crippen LogP contribution is -2.12. The van der Waals surface area contributed by atoms with Crippen molar-refractivity contribution in [2.75, 3.05) is 11.6 Å². The SMILES string of the molecule is Cc1cc(=O)[nH]c(-c2cccc(NC(=O)c3ccc([S@@](C)=O)cc3)c2)n1. The highest BCUT2D eigenvalue weighted by molar-refractivity contribution is 7.84. The van der Waals surface area contributed by atoms with Crippen molar-refractivity contribution in [2.45, 2.75) is 11.8 Å². The number of anilines is 1. The van der Waals surface area contributed by atoms with E-state index < -0.39 is 10.8 Å². The Labute approximate surface area is 152 Å². The zero-order chi connectivity index (χ0) is 18.7. The molecule has 0 bridgehead atoms. The highest BCUT2D eigenvalue weighted by atomic mass is 32.2. The van der Waals surface area contributed by atoms with Gasteiger partial charge >= 0.3 is 0 Å². The van der Waals surface area contributed by atoms with Crippen molar-refractivity contribution in [3.63, 3.8) is 0 Å². The number of nitrogens with one attached hydrogen (secondary N) is 2. The molecule has 1 atom stereocenters. The van der Waals surface area contributed by atoms with Crippen LogP contribution in [0.4, 0.5) is 5.69 Å². The maximum absolute atomic E-state index is 12.4. The van der Waals surface area contributed by atoms with E-state index in [0.717, 1.165) is 0 Å². The third kappa shape index (κ3) is 4.12. The van der Waals surface area contributed by atoms with Crippen molar-refractivity contribution < 1.29 is 9.00 Å². The average Bonchev–Trinajstić information content (AvgIpc) is 2.61. The molecule has 1 amide bonds. The molecular formula is C19H17N3O3S. The second-order valence-corrected chi connectivity index (χ2v) is 7.13. The smallest absolute Gasteiger partial charge is 0.255 e. The van der Waals surface area contributed by atoms with Crippen LogP contribution in [0.1, 0.15) is 16.1 Å². The van der Waals surface area contributed by atoms with Crippen LogP contribution < -0.4 is 10.9 Å². The molecule has 6 nitrogen and oxygen atoms in total. The van der Waals surface area contributed by atoms with Crippen LogP contribution in [-0.2, 0) is 10.8 Å². The minimum absolute atomic E-state index is 0.227. The fourth-order valence-electron chi connectivity index (χ4n) is 2.46. The van der Waals surface area contributed by atoms with E-state index >= 15 is 0 Å². The van der Waals surface area contributed by atoms with Gasteiger partial charge in [0.2, 0.25) is 0 Å². The third-order valence-electron chi connectivity index (χ3n) is 3.71. The Morgan fingerprint density at radius 3 is 2.50 bits per heavy atom. The Morgan fingerprint density at radius 2 is 1.85 bits per heavy atom. The first kappa shape index (κ1) is 17.8. The third-order valence-corrected chi connectivity index (χ3v) is 4.65. The zero-order valence-corrected chi connectivity index (χ0v) is 15.1. The first-order chi connectivity index (χ1) is 12.4. The fourth-order valence-corrected chi connectivity index (χ4v) is 2.98. The molecule has 1 heterocycles. The molecule has 1 aromatic heterocycles. The van der Waals surface area contributed by atoms with Crippen LogP contribution in [0.25, 0.3) is 11.4 Å². The van der Waals surface area contributed by atoms with Gasteiger partial charge in [0.1, 0.15) is 5.82 Å². The minimum atomic E-state index is -1.08. The van der Waals surface area contributed by atoms with E-state index in [9.17, 15) is 13.8 Å². The molecule has 26 heavy (non-hydrogen) atoms. The Bertz CT molecular complexity index is 1040. The van der Waals surface area contributed by atoms with E-state index in [-0.39, 0.29) is 11.5 Å². The van der Waals surface area contributed by atoms with Gasteiger partial charge in [-0.3, -0.25) is 13.8 Å². The van der Waals surface area contributed by atoms with Gasteiger partial charge < -0.3 is 10.3 Å². The van der Waals surface area contributed by atoms with Crippen molar-refractivity contribution in [3.8, 4) is 11.4 Å². The van der Waals surface area contributed by atoms with E-state index in [1.54, 1.807) is 61.7 Å². The van der Waals surface area contributed by atoms with Crippen molar-refractivity contribution in [1.29, 1.82) is 0 Å². The molecule has 7 heteroatoms. The number of hydrogen-bond donors (Lipinski definition) is 2. The molecule has 0 unspecified atom stereocenters. The first-order valence-corrected chi connectivity index (χ1v) is 9.41. The van der Waals surface area contributed by atoms with Gasteiger partial charge in [-0.05, 0) is 43.3 Å². The molecule has 0 aliphatic heterocycles. The number of benzene rings is 2. The summed E-state index contributed by atoms with van der Waals surface area (Å²) >= 11 is 0. The number of H-pyrrole nitrogens is 1. The average molecular weight is 367 g/mol. The maximum atomic E-state index is 12.4. The van der Waals surface area contributed by atoms with Gasteiger partial charge in [0.25, 0.3) is 11.5 Å². The van der Waals surface area contributed by atoms with Crippen LogP contribution in [0.5, 0.6) is 0 Å². The zero-order valence-electron chi connectivity index (χ0n) is 14.3. The van der Waals surface area contributed by atoms with Crippen LogP contribution in [0.2, 0.25) is 0 Å². The number of aromatic amines is 1. The number of hydrogen-bond acceptors (Lipinski definition) is 4. The minimum Gasteiger partial charge on any atom is -0.322 e. The molecule has 0 spiro atoms. The highest BCUT2D eigenvalue weighted by Crippen LogP contribution is 2.19. The van der Waals surface area contributed by atoms with Gasteiger partial charge in [-0.25, -0.2) is 4.98 Å². The Morgan fingerprint density at radius 1 is 1.12 bits per heavy atom. The largest absolute Gasteiger partial charge is 0.322 e. The molecule has 0 aliphatic rings. The number of carbonyl (C=O) groups excluding carboxylic acids is 1. The monoisotopic (exact) mass is 367 g/mol. The van der Waals surface area contributed by atoms with Crippen molar-refractivity contribution in [3.05, 3.63) is 76.2 Å². The summed E-state index contributed by atoms with van der Waals surface area (Å²) in [6.07, 6.45) is 1.59. The summed E-state index contributed by atoms with van der Waals surface area (Å²) in [5.41, 5.74) is 2.13. The topological polar surface area (TPSA) is 91.9 Å². The van der Waals surface area contributed by atoms with Gasteiger partial charge in [0.15, 0.2) is 0 Å². The molecule has 0 saturated carbocycles. The van der Waals surface area contributed by atoms with Gasteiger partial charge in [-0.15, -0.1) is 0 Å². The molecule has 2 aromatic carbocycles. The lowest BCUT2D eigenvalue weighted by molar-refractivity contribution is 0.102. The van der Waals surface area contributed by atoms with Crippen molar-refractivity contribution in [2.24, 2.45) is 0 Å². The second kappa shape index (κ2) is 7.45. The van der Waals surface area contributed by atoms with Crippen LogP contribution in [0.3, 0.4) is 0 Å². The Hall–Kier alpha value is -3.06. The van der Waals surface area contributed by atoms with E-state index in [4.69, 9.17) is 0 Å². The van der Waals surface area contributed by atoms with Crippen molar-refractivity contribution >= 4 is 22.4 Å². The lowest BCUT2D eigenvalue weighted by atomic mass is 10.1. The second-order valence-electron chi connectivity index (χ2n) is 5.75. The molecule has 3 aromatic rings. The summed E-state index contributed by atoms with van der Waals surface area (Å²) in [5.74, 6) is 0.169. The molecule has 0 aliphatic carbocycles. The molecule has 0 radical (unpaired) electrons. The number of aryl methyl sites for hydroxylation is 1. The van der Waals surface area contributed by atoms with Crippen LogP contribution in [0.15, 0.2) is 64.3 Å². The first-order valence-electron chi connectivity index (χ1n) is 7.85. The predicted octanol–water partition coefficient (Wildman–Crippen LogP) is 2.74. The molecular weight excluding hydrogens is 350 g/mol. The summed E-state index contributed by atoms with van der Waals surface area (Å²) in [6.45, 7) is 1.75. The predicted molar refractivity (Wildman–Crippen MR) is 102 cm³/mol. The van der Waals surface area contributed by atoms with Gasteiger partial charge in [-0.1, -0.05) is 12.1 Å². The summed E-state index contributed by atoms with van der Waals surface area (Å²) in [6, 6.07) is 15.1. The van der Waals surface area contributed by atoms with E-state index in [2.05, 4.69) is 15.3 Å². The summed E-state index contributed by atoms with van der Waals surface area (Å²) in [5, 5.41) is 2.81. The van der Waals surface area contributed by atoms with Crippen LogP contribution in [0, 0.1) is 6.92 Å². The van der Waals surface area contributed by atoms with Gasteiger partial charge in [-0.2, -0.15) is 0 Å². The Balaban J connectivity index is 1.83. The summed E-state index contributed by atoms with van der Waals surface area (Å²) < 4.78 is 11.4. The number of carbonyl (C=O) groups is 1. The maximum Gasteiger partial charge on any atom is 0.255 e. The quantitative estimate of drug-likeness (QED) is 0.742. The standard InChI is InChI=1S/C19H17N3O3S/c1-12-10-17(23)22-18(20-12)14-4-3-5-15(11-14)21-19(24)13-6-8-16(9-7-13)26(2)25/h3-11H,1-2H3,(H,21,24)(H,20,22,23)/t26-/m1/s1. The van der Waals surface area contributed by atoms with E-state index in [1.165, 1.54) is 6.07 Å². The van der Waals surface area contributed by atoms with Gasteiger partial charge in [0, 0.05) is 50.5 Å². The van der Waals surface area contributed by atoms with E-state index in [0.29, 0.717) is 33.2 Å². The van der Waals surface area contributed by atoms with E-state index in [1.807, 2.05) is 0 Å². The number of amides is 1. The van der Waals surface area contributed by atoms with Crippen LogP contribution in [-0.4, -0.2) is 26.3 Å². The Kier molecular flexibility index (Phi) is 5.09. The highest BCUT2D eigenvalue weighted by Gasteiger charge is 2.09. The number of nitrogens with zero attached hydrogens (tertiary/aromatic N) is 1. The fraction of sp³-hybridized carbons (Fsp3) is 0.105. The lowest BCUT2D eigenvalue weighted by Gasteiger charge is -2.08. The normalized spacial score (nSPS) is 11.8. The number of aromatic nitrogens is 2. The molecule has 3 rings (SSSR count). The van der Waals surface area contributed by atoms with Crippen LogP contribution >= 0.6 is 0 Å². The molecule has 0 fully saturated rings. The molecule has 0 saturated heterocycles.